The molecular formula is C16H28O. The topological polar surface area (TPSA) is 9.23 Å². The van der Waals surface area contributed by atoms with Crippen LogP contribution in [0.3, 0.4) is 0 Å². The molecule has 1 aliphatic rings. The van der Waals surface area contributed by atoms with Crippen LogP contribution in [0.4, 0.5) is 0 Å². The van der Waals surface area contributed by atoms with Gasteiger partial charge in [0.05, 0.1) is 12.9 Å². The molecule has 1 aliphatic carbocycles. The van der Waals surface area contributed by atoms with Crippen LogP contribution in [0.2, 0.25) is 0 Å². The van der Waals surface area contributed by atoms with Crippen LogP contribution in [0.5, 0.6) is 0 Å². The molecule has 1 nitrogen and oxygen atoms in total. The molecule has 1 rings (SSSR count). The van der Waals surface area contributed by atoms with Gasteiger partial charge in [-0.1, -0.05) is 39.0 Å². The summed E-state index contributed by atoms with van der Waals surface area (Å²) in [4.78, 5) is 0. The number of hydrogen-bond acceptors (Lipinski definition) is 1. The molecule has 0 heterocycles. The van der Waals surface area contributed by atoms with E-state index in [1.807, 2.05) is 0 Å². The molecule has 3 atom stereocenters. The second-order valence-corrected chi connectivity index (χ2v) is 5.48. The Labute approximate surface area is 107 Å². The zero-order valence-corrected chi connectivity index (χ0v) is 11.7. The van der Waals surface area contributed by atoms with Crippen LogP contribution < -0.4 is 0 Å². The van der Waals surface area contributed by atoms with Crippen LogP contribution in [0, 0.1) is 17.8 Å². The molecule has 0 amide bonds. The number of allylic oxidation sites excluding steroid dienone is 3. The van der Waals surface area contributed by atoms with Gasteiger partial charge >= 0.3 is 0 Å². The van der Waals surface area contributed by atoms with Gasteiger partial charge in [-0.15, -0.1) is 0 Å². The third-order valence-corrected chi connectivity index (χ3v) is 4.12. The minimum atomic E-state index is 0.790. The van der Waals surface area contributed by atoms with Gasteiger partial charge < -0.3 is 4.74 Å². The molecule has 0 aromatic rings. The van der Waals surface area contributed by atoms with E-state index in [1.54, 1.807) is 7.11 Å². The van der Waals surface area contributed by atoms with E-state index in [2.05, 4.69) is 32.6 Å². The first kappa shape index (κ1) is 14.3. The standard InChI is InChI=1S/C16H28O/c1-5-6-7-8-16-12-15(10-9-13(16)2)11-14(3)17-4/h6-7,13,15-16H,3,5,8-12H2,1-2,4H3/b7-6+. The van der Waals surface area contributed by atoms with Crippen molar-refractivity contribution in [3.8, 4) is 0 Å². The molecule has 1 fully saturated rings. The van der Waals surface area contributed by atoms with Crippen LogP contribution in [-0.2, 0) is 4.74 Å². The van der Waals surface area contributed by atoms with Gasteiger partial charge in [0.1, 0.15) is 0 Å². The van der Waals surface area contributed by atoms with Crippen LogP contribution in [0.25, 0.3) is 0 Å². The number of hydrogen-bond donors (Lipinski definition) is 0. The molecule has 0 aliphatic heterocycles. The fourth-order valence-electron chi connectivity index (χ4n) is 2.87. The summed E-state index contributed by atoms with van der Waals surface area (Å²) in [6.45, 7) is 8.56. The molecular weight excluding hydrogens is 208 g/mol. The molecule has 1 heteroatoms. The Kier molecular flexibility index (Phi) is 6.39. The van der Waals surface area contributed by atoms with Crippen molar-refractivity contribution < 1.29 is 4.74 Å². The van der Waals surface area contributed by atoms with Gasteiger partial charge in [-0.25, -0.2) is 0 Å². The lowest BCUT2D eigenvalue weighted by Crippen LogP contribution is -2.23. The Morgan fingerprint density at radius 2 is 2.12 bits per heavy atom. The summed E-state index contributed by atoms with van der Waals surface area (Å²) in [5.74, 6) is 3.48. The summed E-state index contributed by atoms with van der Waals surface area (Å²) < 4.78 is 5.21. The summed E-state index contributed by atoms with van der Waals surface area (Å²) in [5.41, 5.74) is 0. The molecule has 0 aromatic heterocycles. The number of methoxy groups -OCH3 is 1. The van der Waals surface area contributed by atoms with Gasteiger partial charge in [0.15, 0.2) is 0 Å². The van der Waals surface area contributed by atoms with Crippen molar-refractivity contribution >= 4 is 0 Å². The lowest BCUT2D eigenvalue weighted by Gasteiger charge is -2.34. The number of rotatable bonds is 6. The van der Waals surface area contributed by atoms with Crippen molar-refractivity contribution in [2.45, 2.75) is 52.4 Å². The monoisotopic (exact) mass is 236 g/mol. The van der Waals surface area contributed by atoms with Gasteiger partial charge in [0.2, 0.25) is 0 Å². The van der Waals surface area contributed by atoms with Gasteiger partial charge in [-0.2, -0.15) is 0 Å². The van der Waals surface area contributed by atoms with Crippen molar-refractivity contribution in [1.29, 1.82) is 0 Å². The molecule has 3 unspecified atom stereocenters. The molecule has 0 saturated heterocycles. The minimum Gasteiger partial charge on any atom is -0.502 e. The molecule has 17 heavy (non-hydrogen) atoms. The maximum Gasteiger partial charge on any atom is 0.0886 e. The Bertz CT molecular complexity index is 254. The largest absolute Gasteiger partial charge is 0.502 e. The fourth-order valence-corrected chi connectivity index (χ4v) is 2.87. The maximum atomic E-state index is 5.21. The van der Waals surface area contributed by atoms with E-state index in [0.717, 1.165) is 36.4 Å². The van der Waals surface area contributed by atoms with Crippen LogP contribution in [-0.4, -0.2) is 7.11 Å². The Balaban J connectivity index is 2.41. The van der Waals surface area contributed by atoms with Crippen molar-refractivity contribution in [1.82, 2.24) is 0 Å². The highest BCUT2D eigenvalue weighted by atomic mass is 16.5. The number of ether oxygens (including phenoxy) is 1. The van der Waals surface area contributed by atoms with Crippen LogP contribution in [0.1, 0.15) is 52.4 Å². The first-order valence-electron chi connectivity index (χ1n) is 7.04. The predicted octanol–water partition coefficient (Wildman–Crippen LogP) is 4.95. The normalized spacial score (nSPS) is 29.5. The second-order valence-electron chi connectivity index (χ2n) is 5.48. The molecule has 0 aromatic carbocycles. The summed E-state index contributed by atoms with van der Waals surface area (Å²) in [6, 6.07) is 0. The van der Waals surface area contributed by atoms with E-state index < -0.39 is 0 Å². The quantitative estimate of drug-likeness (QED) is 0.468. The van der Waals surface area contributed by atoms with E-state index in [4.69, 9.17) is 4.74 Å². The summed E-state index contributed by atoms with van der Waals surface area (Å²) in [6.07, 6.45) is 12.2. The lowest BCUT2D eigenvalue weighted by atomic mass is 9.72. The maximum absolute atomic E-state index is 5.21. The lowest BCUT2D eigenvalue weighted by molar-refractivity contribution is 0.172. The molecule has 0 bridgehead atoms. The van der Waals surface area contributed by atoms with E-state index in [-0.39, 0.29) is 0 Å². The van der Waals surface area contributed by atoms with Crippen molar-refractivity contribution in [3.05, 3.63) is 24.5 Å². The highest BCUT2D eigenvalue weighted by molar-refractivity contribution is 4.91. The SMILES string of the molecule is C=C(CC1CCC(C)C(C/C=C/CC)C1)OC. The molecule has 1 saturated carbocycles. The summed E-state index contributed by atoms with van der Waals surface area (Å²) in [5, 5.41) is 0. The van der Waals surface area contributed by atoms with Crippen molar-refractivity contribution in [3.63, 3.8) is 0 Å². The molecule has 0 N–H and O–H groups in total. The van der Waals surface area contributed by atoms with Crippen LogP contribution >= 0.6 is 0 Å². The highest BCUT2D eigenvalue weighted by Crippen LogP contribution is 2.38. The van der Waals surface area contributed by atoms with E-state index in [1.165, 1.54) is 25.7 Å². The van der Waals surface area contributed by atoms with E-state index >= 15 is 0 Å². The molecule has 0 spiro atoms. The Morgan fingerprint density at radius 1 is 1.35 bits per heavy atom. The average molecular weight is 236 g/mol. The fraction of sp³-hybridized carbons (Fsp3) is 0.750. The smallest absolute Gasteiger partial charge is 0.0886 e. The van der Waals surface area contributed by atoms with Gasteiger partial charge in [0.25, 0.3) is 0 Å². The third kappa shape index (κ3) is 4.97. The Morgan fingerprint density at radius 3 is 2.76 bits per heavy atom. The van der Waals surface area contributed by atoms with E-state index in [9.17, 15) is 0 Å². The van der Waals surface area contributed by atoms with Gasteiger partial charge in [-0.3, -0.25) is 0 Å². The zero-order valence-electron chi connectivity index (χ0n) is 11.7. The summed E-state index contributed by atoms with van der Waals surface area (Å²) >= 11 is 0. The zero-order chi connectivity index (χ0) is 12.7. The van der Waals surface area contributed by atoms with E-state index in [0.29, 0.717) is 0 Å². The second kappa shape index (κ2) is 7.58. The predicted molar refractivity (Wildman–Crippen MR) is 74.8 cm³/mol. The van der Waals surface area contributed by atoms with Crippen molar-refractivity contribution in [2.75, 3.05) is 7.11 Å². The third-order valence-electron chi connectivity index (χ3n) is 4.12. The van der Waals surface area contributed by atoms with Gasteiger partial charge in [-0.05, 0) is 43.4 Å². The van der Waals surface area contributed by atoms with Crippen molar-refractivity contribution in [2.24, 2.45) is 17.8 Å². The summed E-state index contributed by atoms with van der Waals surface area (Å²) in [7, 11) is 1.73. The minimum absolute atomic E-state index is 0.790. The Hall–Kier alpha value is -0.720. The average Bonchev–Trinajstić information content (AvgIpc) is 2.33. The highest BCUT2D eigenvalue weighted by Gasteiger charge is 2.27. The van der Waals surface area contributed by atoms with Crippen LogP contribution in [0.15, 0.2) is 24.5 Å². The first-order valence-corrected chi connectivity index (χ1v) is 7.04. The van der Waals surface area contributed by atoms with Gasteiger partial charge in [0, 0.05) is 6.42 Å². The molecule has 98 valence electrons. The first-order chi connectivity index (χ1) is 8.17. The molecule has 0 radical (unpaired) electrons.